The maximum absolute atomic E-state index is 5.23. The summed E-state index contributed by atoms with van der Waals surface area (Å²) in [5.41, 5.74) is 2.83. The largest absolute Gasteiger partial charge is 0.135 e. The second-order valence-corrected chi connectivity index (χ2v) is 7.15. The molecule has 0 nitrogen and oxygen atoms in total. The third kappa shape index (κ3) is 2.47. The van der Waals surface area contributed by atoms with Crippen LogP contribution >= 0.6 is 0 Å². The number of rotatable bonds is 1. The summed E-state index contributed by atoms with van der Waals surface area (Å²) in [6.07, 6.45) is 5.23. The fraction of sp³-hybridized carbons (Fsp3) is 0.667. The van der Waals surface area contributed by atoms with Crippen molar-refractivity contribution in [3.8, 4) is 12.0 Å². The quantitative estimate of drug-likeness (QED) is 0.359. The first-order valence-electron chi connectivity index (χ1n) is 2.60. The normalized spacial score (nSPS) is 10.6. The minimum Gasteiger partial charge on any atom is -0.135 e. The van der Waals surface area contributed by atoms with Gasteiger partial charge in [0.05, 0.1) is 0 Å². The Bertz CT molecular complexity index is 86.8. The van der Waals surface area contributed by atoms with Crippen molar-refractivity contribution in [1.29, 1.82) is 0 Å². The van der Waals surface area contributed by atoms with Crippen molar-refractivity contribution in [3.05, 3.63) is 0 Å². The standard InChI is InChI=1S/C6H12Si/c1-5-7(3,4)6-2/h1H,6H2,2-4H3. The predicted octanol–water partition coefficient (Wildman–Crippen LogP) is 1.89. The summed E-state index contributed by atoms with van der Waals surface area (Å²) >= 11 is 0. The first kappa shape index (κ1) is 6.78. The van der Waals surface area contributed by atoms with E-state index in [0.717, 1.165) is 0 Å². The number of terminal acetylenes is 1. The van der Waals surface area contributed by atoms with Crippen LogP contribution in [0.1, 0.15) is 6.92 Å². The van der Waals surface area contributed by atoms with Gasteiger partial charge in [0.1, 0.15) is 8.07 Å². The number of hydrogen-bond donors (Lipinski definition) is 0. The van der Waals surface area contributed by atoms with Gasteiger partial charge >= 0.3 is 0 Å². The number of hydrogen-bond acceptors (Lipinski definition) is 0. The molecule has 0 radical (unpaired) electrons. The highest BCUT2D eigenvalue weighted by Crippen LogP contribution is 2.03. The Morgan fingerprint density at radius 3 is 2.00 bits per heavy atom. The molecule has 0 aliphatic heterocycles. The molecule has 0 spiro atoms. The van der Waals surface area contributed by atoms with Gasteiger partial charge in [-0.05, 0) is 6.04 Å². The third-order valence-corrected chi connectivity index (χ3v) is 3.82. The molecule has 0 fully saturated rings. The first-order valence-corrected chi connectivity index (χ1v) is 5.81. The van der Waals surface area contributed by atoms with E-state index in [1.165, 1.54) is 6.04 Å². The minimum atomic E-state index is -1.12. The molecule has 7 heavy (non-hydrogen) atoms. The maximum atomic E-state index is 5.23. The van der Waals surface area contributed by atoms with Crippen molar-refractivity contribution < 1.29 is 0 Å². The van der Waals surface area contributed by atoms with Crippen LogP contribution in [0.25, 0.3) is 0 Å². The Labute approximate surface area is 46.9 Å². The van der Waals surface area contributed by atoms with Crippen LogP contribution in [0.4, 0.5) is 0 Å². The smallest absolute Gasteiger partial charge is 0.131 e. The summed E-state index contributed by atoms with van der Waals surface area (Å²) < 4.78 is 0. The molecule has 0 atom stereocenters. The molecule has 0 rings (SSSR count). The van der Waals surface area contributed by atoms with E-state index in [1.807, 2.05) is 0 Å². The molecule has 0 aliphatic carbocycles. The van der Waals surface area contributed by atoms with Gasteiger partial charge in [0.2, 0.25) is 0 Å². The van der Waals surface area contributed by atoms with E-state index < -0.39 is 8.07 Å². The topological polar surface area (TPSA) is 0 Å². The Hall–Kier alpha value is -0.223. The summed E-state index contributed by atoms with van der Waals surface area (Å²) in [5.74, 6) is 0. The Morgan fingerprint density at radius 1 is 1.57 bits per heavy atom. The van der Waals surface area contributed by atoms with Gasteiger partial charge in [-0.25, -0.2) is 0 Å². The van der Waals surface area contributed by atoms with Gasteiger partial charge < -0.3 is 0 Å². The van der Waals surface area contributed by atoms with Crippen molar-refractivity contribution in [2.45, 2.75) is 26.1 Å². The molecule has 0 aromatic rings. The molecule has 0 amide bonds. The van der Waals surface area contributed by atoms with E-state index in [4.69, 9.17) is 6.42 Å². The van der Waals surface area contributed by atoms with Crippen LogP contribution in [-0.2, 0) is 0 Å². The third-order valence-electron chi connectivity index (χ3n) is 1.27. The van der Waals surface area contributed by atoms with E-state index in [0.29, 0.717) is 0 Å². The zero-order valence-electron chi connectivity index (χ0n) is 5.28. The van der Waals surface area contributed by atoms with Crippen molar-refractivity contribution in [2.24, 2.45) is 0 Å². The summed E-state index contributed by atoms with van der Waals surface area (Å²) in [6, 6.07) is 1.20. The van der Waals surface area contributed by atoms with Crippen LogP contribution in [0.3, 0.4) is 0 Å². The molecule has 0 bridgehead atoms. The molecule has 0 aromatic heterocycles. The van der Waals surface area contributed by atoms with Crippen LogP contribution in [-0.4, -0.2) is 8.07 Å². The molecular formula is C6H12Si. The highest BCUT2D eigenvalue weighted by atomic mass is 28.3. The monoisotopic (exact) mass is 112 g/mol. The minimum absolute atomic E-state index is 1.12. The van der Waals surface area contributed by atoms with E-state index in [1.54, 1.807) is 0 Å². The molecule has 0 unspecified atom stereocenters. The molecule has 40 valence electrons. The zero-order chi connectivity index (χ0) is 5.91. The van der Waals surface area contributed by atoms with E-state index >= 15 is 0 Å². The highest BCUT2D eigenvalue weighted by molar-refractivity contribution is 6.84. The predicted molar refractivity (Wildman–Crippen MR) is 36.8 cm³/mol. The van der Waals surface area contributed by atoms with E-state index in [9.17, 15) is 0 Å². The van der Waals surface area contributed by atoms with Gasteiger partial charge in [0.15, 0.2) is 0 Å². The van der Waals surface area contributed by atoms with Crippen molar-refractivity contribution in [2.75, 3.05) is 0 Å². The van der Waals surface area contributed by atoms with Crippen molar-refractivity contribution in [1.82, 2.24) is 0 Å². The summed E-state index contributed by atoms with van der Waals surface area (Å²) in [4.78, 5) is 0. The Morgan fingerprint density at radius 2 is 2.00 bits per heavy atom. The summed E-state index contributed by atoms with van der Waals surface area (Å²) in [6.45, 7) is 6.56. The van der Waals surface area contributed by atoms with Gasteiger partial charge in [-0.15, -0.1) is 12.0 Å². The van der Waals surface area contributed by atoms with Gasteiger partial charge in [-0.2, -0.15) is 0 Å². The van der Waals surface area contributed by atoms with E-state index in [-0.39, 0.29) is 0 Å². The van der Waals surface area contributed by atoms with Crippen LogP contribution < -0.4 is 0 Å². The Balaban J connectivity index is 3.66. The SMILES string of the molecule is C#C[Si](C)(C)CC. The van der Waals surface area contributed by atoms with Gasteiger partial charge in [-0.1, -0.05) is 20.0 Å². The Kier molecular flexibility index (Phi) is 2.11. The average molecular weight is 112 g/mol. The molecule has 0 aliphatic rings. The van der Waals surface area contributed by atoms with Crippen molar-refractivity contribution >= 4 is 8.07 Å². The van der Waals surface area contributed by atoms with Gasteiger partial charge in [0.25, 0.3) is 0 Å². The second-order valence-electron chi connectivity index (χ2n) is 2.38. The molecule has 0 aromatic carbocycles. The molecule has 0 heterocycles. The maximum Gasteiger partial charge on any atom is 0.131 e. The fourth-order valence-electron chi connectivity index (χ4n) is 0.102. The lowest BCUT2D eigenvalue weighted by atomic mass is 11.0. The van der Waals surface area contributed by atoms with E-state index in [2.05, 4.69) is 25.6 Å². The fourth-order valence-corrected chi connectivity index (χ4v) is 0.306. The summed E-state index contributed by atoms with van der Waals surface area (Å²) in [5, 5.41) is 0. The molecule has 0 saturated heterocycles. The van der Waals surface area contributed by atoms with Crippen molar-refractivity contribution in [3.63, 3.8) is 0 Å². The van der Waals surface area contributed by atoms with Crippen LogP contribution in [0.5, 0.6) is 0 Å². The van der Waals surface area contributed by atoms with Crippen LogP contribution in [0.2, 0.25) is 19.1 Å². The van der Waals surface area contributed by atoms with Gasteiger partial charge in [0, 0.05) is 0 Å². The summed E-state index contributed by atoms with van der Waals surface area (Å²) in [7, 11) is -1.12. The first-order chi connectivity index (χ1) is 3.12. The zero-order valence-corrected chi connectivity index (χ0v) is 6.28. The van der Waals surface area contributed by atoms with Gasteiger partial charge in [-0.3, -0.25) is 0 Å². The lowest BCUT2D eigenvalue weighted by molar-refractivity contribution is 1.39. The lowest BCUT2D eigenvalue weighted by Gasteiger charge is -2.08. The lowest BCUT2D eigenvalue weighted by Crippen LogP contribution is -2.20. The molecule has 1 heteroatoms. The van der Waals surface area contributed by atoms with Crippen LogP contribution in [0, 0.1) is 12.0 Å². The highest BCUT2D eigenvalue weighted by Gasteiger charge is 2.12. The van der Waals surface area contributed by atoms with Crippen LogP contribution in [0.15, 0.2) is 0 Å². The average Bonchev–Trinajstić information content (AvgIpc) is 1.68. The molecular weight excluding hydrogens is 100 g/mol. The second kappa shape index (κ2) is 2.18. The molecule has 0 N–H and O–H groups in total. The molecule has 0 saturated carbocycles.